The first-order valence-corrected chi connectivity index (χ1v) is 7.64. The first-order valence-electron chi connectivity index (χ1n) is 7.64. The van der Waals surface area contributed by atoms with E-state index in [1.807, 2.05) is 11.8 Å². The van der Waals surface area contributed by atoms with Crippen LogP contribution >= 0.6 is 0 Å². The Morgan fingerprint density at radius 3 is 2.52 bits per heavy atom. The monoisotopic (exact) mass is 290 g/mol. The maximum absolute atomic E-state index is 12.0. The number of ether oxygens (including phenoxy) is 1. The summed E-state index contributed by atoms with van der Waals surface area (Å²) in [6.45, 7) is 10.9. The summed E-state index contributed by atoms with van der Waals surface area (Å²) in [5, 5.41) is 3.28. The molecule has 0 bridgehead atoms. The van der Waals surface area contributed by atoms with Crippen molar-refractivity contribution in [2.75, 3.05) is 26.3 Å². The molecule has 0 radical (unpaired) electrons. The lowest BCUT2D eigenvalue weighted by atomic mass is 9.86. The van der Waals surface area contributed by atoms with E-state index in [1.165, 1.54) is 5.56 Å². The molecule has 0 aliphatic carbocycles. The van der Waals surface area contributed by atoms with E-state index in [4.69, 9.17) is 4.74 Å². The van der Waals surface area contributed by atoms with Gasteiger partial charge in [0.05, 0.1) is 13.2 Å². The molecule has 1 atom stereocenters. The summed E-state index contributed by atoms with van der Waals surface area (Å²) in [6.07, 6.45) is -0.0352. The van der Waals surface area contributed by atoms with Crippen molar-refractivity contribution < 1.29 is 9.53 Å². The first-order chi connectivity index (χ1) is 9.93. The average Bonchev–Trinajstić information content (AvgIpc) is 2.80. The highest BCUT2D eigenvalue weighted by molar-refractivity contribution is 5.80. The van der Waals surface area contributed by atoms with Crippen molar-refractivity contribution in [1.82, 2.24) is 10.2 Å². The van der Waals surface area contributed by atoms with Crippen LogP contribution in [0.5, 0.6) is 0 Å². The van der Waals surface area contributed by atoms with Crippen LogP contribution in [0.25, 0.3) is 0 Å². The molecule has 1 heterocycles. The fraction of sp³-hybridized carbons (Fsp3) is 0.588. The SMILES string of the molecule is CCOCCN1C(=O)CNC1c1ccc(C(C)(C)C)cc1. The molecule has 1 aromatic rings. The highest BCUT2D eigenvalue weighted by Gasteiger charge is 2.31. The Balaban J connectivity index is 2.10. The molecule has 4 heteroatoms. The Bertz CT molecular complexity index is 477. The van der Waals surface area contributed by atoms with Gasteiger partial charge in [0.25, 0.3) is 0 Å². The maximum atomic E-state index is 12.0. The van der Waals surface area contributed by atoms with E-state index in [9.17, 15) is 4.79 Å². The minimum absolute atomic E-state index is 0.0352. The van der Waals surface area contributed by atoms with Crippen LogP contribution in [0.2, 0.25) is 0 Å². The van der Waals surface area contributed by atoms with Crippen LogP contribution in [-0.2, 0) is 14.9 Å². The van der Waals surface area contributed by atoms with Gasteiger partial charge in [0.2, 0.25) is 5.91 Å². The number of amides is 1. The van der Waals surface area contributed by atoms with Gasteiger partial charge in [0.15, 0.2) is 0 Å². The van der Waals surface area contributed by atoms with Gasteiger partial charge in [-0.3, -0.25) is 10.1 Å². The lowest BCUT2D eigenvalue weighted by molar-refractivity contribution is -0.128. The number of rotatable bonds is 5. The molecule has 1 unspecified atom stereocenters. The van der Waals surface area contributed by atoms with Crippen molar-refractivity contribution in [2.45, 2.75) is 39.3 Å². The normalized spacial score (nSPS) is 19.3. The third kappa shape index (κ3) is 3.83. The molecule has 1 aliphatic rings. The molecular formula is C17H26N2O2. The number of nitrogens with one attached hydrogen (secondary N) is 1. The molecule has 4 nitrogen and oxygen atoms in total. The number of benzene rings is 1. The highest BCUT2D eigenvalue weighted by Crippen LogP contribution is 2.26. The summed E-state index contributed by atoms with van der Waals surface area (Å²) in [6, 6.07) is 8.54. The third-order valence-electron chi connectivity index (χ3n) is 3.85. The van der Waals surface area contributed by atoms with Crippen LogP contribution in [0.1, 0.15) is 45.0 Å². The Morgan fingerprint density at radius 2 is 1.95 bits per heavy atom. The topological polar surface area (TPSA) is 41.6 Å². The number of carbonyl (C=O) groups is 1. The molecule has 116 valence electrons. The molecule has 0 spiro atoms. The predicted molar refractivity (Wildman–Crippen MR) is 84.1 cm³/mol. The molecule has 1 amide bonds. The molecule has 0 saturated carbocycles. The molecule has 1 aliphatic heterocycles. The number of hydrogen-bond acceptors (Lipinski definition) is 3. The maximum Gasteiger partial charge on any atom is 0.238 e. The molecule has 0 aromatic heterocycles. The van der Waals surface area contributed by atoms with E-state index >= 15 is 0 Å². The van der Waals surface area contributed by atoms with Crippen LogP contribution in [0.3, 0.4) is 0 Å². The van der Waals surface area contributed by atoms with Crippen LogP contribution in [0.4, 0.5) is 0 Å². The quantitative estimate of drug-likeness (QED) is 0.847. The fourth-order valence-electron chi connectivity index (χ4n) is 2.56. The Morgan fingerprint density at radius 1 is 1.29 bits per heavy atom. The van der Waals surface area contributed by atoms with Crippen LogP contribution in [0, 0.1) is 0 Å². The second-order valence-electron chi connectivity index (χ2n) is 6.44. The average molecular weight is 290 g/mol. The van der Waals surface area contributed by atoms with Gasteiger partial charge >= 0.3 is 0 Å². The Labute approximate surface area is 127 Å². The van der Waals surface area contributed by atoms with Crippen LogP contribution in [0.15, 0.2) is 24.3 Å². The molecule has 2 rings (SSSR count). The lowest BCUT2D eigenvalue weighted by Gasteiger charge is -2.26. The first kappa shape index (κ1) is 16.0. The predicted octanol–water partition coefficient (Wildman–Crippen LogP) is 2.45. The standard InChI is InChI=1S/C17H26N2O2/c1-5-21-11-10-19-15(20)12-18-16(19)13-6-8-14(9-7-13)17(2,3)4/h6-9,16,18H,5,10-12H2,1-4H3. The van der Waals surface area contributed by atoms with Gasteiger partial charge in [0, 0.05) is 13.2 Å². The van der Waals surface area contributed by atoms with E-state index in [0.29, 0.717) is 26.3 Å². The Kier molecular flexibility index (Phi) is 5.01. The van der Waals surface area contributed by atoms with Gasteiger partial charge in [0.1, 0.15) is 6.17 Å². The summed E-state index contributed by atoms with van der Waals surface area (Å²) in [4.78, 5) is 13.8. The van der Waals surface area contributed by atoms with E-state index in [1.54, 1.807) is 0 Å². The lowest BCUT2D eigenvalue weighted by Crippen LogP contribution is -2.33. The van der Waals surface area contributed by atoms with Crippen LogP contribution < -0.4 is 5.32 Å². The molecule has 1 N–H and O–H groups in total. The molecule has 21 heavy (non-hydrogen) atoms. The number of carbonyl (C=O) groups excluding carboxylic acids is 1. The molecule has 1 saturated heterocycles. The summed E-state index contributed by atoms with van der Waals surface area (Å²) >= 11 is 0. The van der Waals surface area contributed by atoms with E-state index in [0.717, 1.165) is 5.56 Å². The summed E-state index contributed by atoms with van der Waals surface area (Å²) in [5.41, 5.74) is 2.58. The second-order valence-corrected chi connectivity index (χ2v) is 6.44. The third-order valence-corrected chi connectivity index (χ3v) is 3.85. The van der Waals surface area contributed by atoms with Crippen molar-refractivity contribution in [1.29, 1.82) is 0 Å². The van der Waals surface area contributed by atoms with Gasteiger partial charge in [-0.2, -0.15) is 0 Å². The van der Waals surface area contributed by atoms with Crippen molar-refractivity contribution in [3.8, 4) is 0 Å². The molecular weight excluding hydrogens is 264 g/mol. The Hall–Kier alpha value is -1.39. The van der Waals surface area contributed by atoms with Gasteiger partial charge in [-0.15, -0.1) is 0 Å². The van der Waals surface area contributed by atoms with Gasteiger partial charge in [-0.25, -0.2) is 0 Å². The fourth-order valence-corrected chi connectivity index (χ4v) is 2.56. The zero-order valence-electron chi connectivity index (χ0n) is 13.5. The molecule has 1 fully saturated rings. The van der Waals surface area contributed by atoms with E-state index in [2.05, 4.69) is 50.4 Å². The smallest absolute Gasteiger partial charge is 0.238 e. The largest absolute Gasteiger partial charge is 0.380 e. The number of hydrogen-bond donors (Lipinski definition) is 1. The van der Waals surface area contributed by atoms with Crippen molar-refractivity contribution in [3.63, 3.8) is 0 Å². The van der Waals surface area contributed by atoms with E-state index in [-0.39, 0.29) is 17.5 Å². The van der Waals surface area contributed by atoms with Crippen LogP contribution in [-0.4, -0.2) is 37.1 Å². The second kappa shape index (κ2) is 6.58. The molecule has 1 aromatic carbocycles. The van der Waals surface area contributed by atoms with Gasteiger partial charge < -0.3 is 9.64 Å². The van der Waals surface area contributed by atoms with Crippen molar-refractivity contribution in [3.05, 3.63) is 35.4 Å². The highest BCUT2D eigenvalue weighted by atomic mass is 16.5. The zero-order valence-corrected chi connectivity index (χ0v) is 13.5. The van der Waals surface area contributed by atoms with Crippen molar-refractivity contribution in [2.24, 2.45) is 0 Å². The number of nitrogens with zero attached hydrogens (tertiary/aromatic N) is 1. The summed E-state index contributed by atoms with van der Waals surface area (Å²) in [5.74, 6) is 0.139. The van der Waals surface area contributed by atoms with Gasteiger partial charge in [-0.05, 0) is 23.5 Å². The summed E-state index contributed by atoms with van der Waals surface area (Å²) in [7, 11) is 0. The summed E-state index contributed by atoms with van der Waals surface area (Å²) < 4.78 is 5.37. The minimum atomic E-state index is -0.0352. The van der Waals surface area contributed by atoms with E-state index < -0.39 is 0 Å². The van der Waals surface area contributed by atoms with Gasteiger partial charge in [-0.1, -0.05) is 45.0 Å². The zero-order chi connectivity index (χ0) is 15.5. The van der Waals surface area contributed by atoms with Crippen molar-refractivity contribution >= 4 is 5.91 Å². The minimum Gasteiger partial charge on any atom is -0.380 e.